The number of nitrogens with one attached hydrogen (secondary N) is 1. The van der Waals surface area contributed by atoms with Crippen molar-refractivity contribution in [2.75, 3.05) is 25.9 Å². The molecule has 0 radical (unpaired) electrons. The molecule has 0 aromatic heterocycles. The molecule has 0 unspecified atom stereocenters. The van der Waals surface area contributed by atoms with Crippen LogP contribution in [0.2, 0.25) is 0 Å². The molecular weight excluding hydrogens is 212 g/mol. The maximum Gasteiger partial charge on any atom is 0.211 e. The predicted molar refractivity (Wildman–Crippen MR) is 60.2 cm³/mol. The van der Waals surface area contributed by atoms with Crippen molar-refractivity contribution in [3.8, 4) is 0 Å². The average Bonchev–Trinajstić information content (AvgIpc) is 2.97. The lowest BCUT2D eigenvalue weighted by Crippen LogP contribution is -2.44. The summed E-state index contributed by atoms with van der Waals surface area (Å²) in [5.74, 6) is 0.901. The minimum atomic E-state index is -2.96. The van der Waals surface area contributed by atoms with Gasteiger partial charge < -0.3 is 5.32 Å². The molecule has 0 aromatic rings. The van der Waals surface area contributed by atoms with Crippen molar-refractivity contribution in [2.45, 2.75) is 31.7 Å². The SMILES string of the molecule is CS(=O)(=O)N1CCC(NCC2CC2)CC1. The molecule has 5 heteroatoms. The highest BCUT2D eigenvalue weighted by Crippen LogP contribution is 2.28. The van der Waals surface area contributed by atoms with Gasteiger partial charge in [0.2, 0.25) is 10.0 Å². The van der Waals surface area contributed by atoms with Crippen LogP contribution in [0.25, 0.3) is 0 Å². The van der Waals surface area contributed by atoms with Gasteiger partial charge in [0.1, 0.15) is 0 Å². The standard InChI is InChI=1S/C10H20N2O2S/c1-15(13,14)12-6-4-10(5-7-12)11-8-9-2-3-9/h9-11H,2-8H2,1H3. The van der Waals surface area contributed by atoms with Crippen LogP contribution in [0.3, 0.4) is 0 Å². The van der Waals surface area contributed by atoms with Gasteiger partial charge in [0.25, 0.3) is 0 Å². The first kappa shape index (κ1) is 11.4. The summed E-state index contributed by atoms with van der Waals surface area (Å²) in [5.41, 5.74) is 0. The smallest absolute Gasteiger partial charge is 0.211 e. The van der Waals surface area contributed by atoms with Crippen molar-refractivity contribution in [2.24, 2.45) is 5.92 Å². The topological polar surface area (TPSA) is 49.4 Å². The Bertz CT molecular complexity index is 303. The quantitative estimate of drug-likeness (QED) is 0.764. The van der Waals surface area contributed by atoms with E-state index in [4.69, 9.17) is 0 Å². The maximum absolute atomic E-state index is 11.3. The third kappa shape index (κ3) is 3.43. The molecule has 0 amide bonds. The van der Waals surface area contributed by atoms with Gasteiger partial charge in [-0.25, -0.2) is 12.7 Å². The van der Waals surface area contributed by atoms with Crippen molar-refractivity contribution in [3.05, 3.63) is 0 Å². The Morgan fingerprint density at radius 1 is 1.20 bits per heavy atom. The molecule has 1 saturated carbocycles. The van der Waals surface area contributed by atoms with Crippen molar-refractivity contribution in [1.29, 1.82) is 0 Å². The second-order valence-electron chi connectivity index (χ2n) is 4.79. The first-order valence-corrected chi connectivity index (χ1v) is 7.59. The van der Waals surface area contributed by atoms with E-state index in [2.05, 4.69) is 5.32 Å². The van der Waals surface area contributed by atoms with E-state index in [9.17, 15) is 8.42 Å². The molecule has 0 spiro atoms. The zero-order chi connectivity index (χ0) is 10.9. The fraction of sp³-hybridized carbons (Fsp3) is 1.00. The number of nitrogens with zero attached hydrogens (tertiary/aromatic N) is 1. The summed E-state index contributed by atoms with van der Waals surface area (Å²) in [4.78, 5) is 0. The van der Waals surface area contributed by atoms with Gasteiger partial charge in [0.05, 0.1) is 6.26 Å². The molecule has 1 aliphatic carbocycles. The van der Waals surface area contributed by atoms with Crippen LogP contribution in [0.5, 0.6) is 0 Å². The van der Waals surface area contributed by atoms with E-state index in [-0.39, 0.29) is 0 Å². The van der Waals surface area contributed by atoms with E-state index in [0.717, 1.165) is 25.3 Å². The molecule has 0 atom stereocenters. The third-order valence-corrected chi connectivity index (χ3v) is 4.62. The average molecular weight is 232 g/mol. The number of piperidine rings is 1. The lowest BCUT2D eigenvalue weighted by Gasteiger charge is -2.30. The maximum atomic E-state index is 11.3. The third-order valence-electron chi connectivity index (χ3n) is 3.32. The fourth-order valence-electron chi connectivity index (χ4n) is 2.05. The Kier molecular flexibility index (Phi) is 3.33. The molecule has 1 heterocycles. The van der Waals surface area contributed by atoms with Crippen LogP contribution in [-0.2, 0) is 10.0 Å². The summed E-state index contributed by atoms with van der Waals surface area (Å²) < 4.78 is 24.1. The van der Waals surface area contributed by atoms with Crippen LogP contribution in [0, 0.1) is 5.92 Å². The zero-order valence-corrected chi connectivity index (χ0v) is 10.1. The molecule has 2 aliphatic rings. The van der Waals surface area contributed by atoms with Crippen LogP contribution in [0.4, 0.5) is 0 Å². The lowest BCUT2D eigenvalue weighted by molar-refractivity contribution is 0.289. The van der Waals surface area contributed by atoms with E-state index in [1.54, 1.807) is 4.31 Å². The van der Waals surface area contributed by atoms with Gasteiger partial charge in [-0.2, -0.15) is 0 Å². The van der Waals surface area contributed by atoms with E-state index >= 15 is 0 Å². The number of sulfonamides is 1. The predicted octanol–water partition coefficient (Wildman–Crippen LogP) is 0.410. The molecular formula is C10H20N2O2S. The Hall–Kier alpha value is -0.130. The summed E-state index contributed by atoms with van der Waals surface area (Å²) in [7, 11) is -2.96. The fourth-order valence-corrected chi connectivity index (χ4v) is 2.92. The lowest BCUT2D eigenvalue weighted by atomic mass is 10.1. The van der Waals surface area contributed by atoms with Crippen molar-refractivity contribution < 1.29 is 8.42 Å². The first-order valence-electron chi connectivity index (χ1n) is 5.74. The van der Waals surface area contributed by atoms with Gasteiger partial charge in [0, 0.05) is 19.1 Å². The molecule has 4 nitrogen and oxygen atoms in total. The Morgan fingerprint density at radius 3 is 2.27 bits per heavy atom. The van der Waals surface area contributed by atoms with Crippen molar-refractivity contribution in [3.63, 3.8) is 0 Å². The van der Waals surface area contributed by atoms with Gasteiger partial charge in [-0.15, -0.1) is 0 Å². The summed E-state index contributed by atoms with van der Waals surface area (Å²) in [6.07, 6.45) is 5.95. The molecule has 15 heavy (non-hydrogen) atoms. The normalized spacial score (nSPS) is 25.7. The van der Waals surface area contributed by atoms with Crippen LogP contribution in [0.1, 0.15) is 25.7 Å². The Morgan fingerprint density at radius 2 is 1.80 bits per heavy atom. The minimum absolute atomic E-state index is 0.531. The summed E-state index contributed by atoms with van der Waals surface area (Å²) in [5, 5.41) is 3.53. The largest absolute Gasteiger partial charge is 0.314 e. The van der Waals surface area contributed by atoms with Crippen LogP contribution in [0.15, 0.2) is 0 Å². The number of hydrogen-bond acceptors (Lipinski definition) is 3. The highest BCUT2D eigenvalue weighted by molar-refractivity contribution is 7.88. The summed E-state index contributed by atoms with van der Waals surface area (Å²) in [6.45, 7) is 2.49. The second-order valence-corrected chi connectivity index (χ2v) is 6.77. The Labute approximate surface area is 92.1 Å². The van der Waals surface area contributed by atoms with E-state index in [0.29, 0.717) is 19.1 Å². The van der Waals surface area contributed by atoms with Crippen LogP contribution in [-0.4, -0.2) is 44.7 Å². The molecule has 1 aliphatic heterocycles. The van der Waals surface area contributed by atoms with E-state index < -0.39 is 10.0 Å². The molecule has 0 bridgehead atoms. The highest BCUT2D eigenvalue weighted by atomic mass is 32.2. The number of rotatable bonds is 4. The van der Waals surface area contributed by atoms with Gasteiger partial charge in [0.15, 0.2) is 0 Å². The monoisotopic (exact) mass is 232 g/mol. The molecule has 0 aromatic carbocycles. The Balaban J connectivity index is 1.71. The summed E-state index contributed by atoms with van der Waals surface area (Å²) in [6, 6.07) is 0.531. The highest BCUT2D eigenvalue weighted by Gasteiger charge is 2.26. The van der Waals surface area contributed by atoms with Gasteiger partial charge in [-0.3, -0.25) is 0 Å². The van der Waals surface area contributed by atoms with Crippen LogP contribution < -0.4 is 5.32 Å². The van der Waals surface area contributed by atoms with Crippen LogP contribution >= 0.6 is 0 Å². The molecule has 88 valence electrons. The van der Waals surface area contributed by atoms with Crippen molar-refractivity contribution >= 4 is 10.0 Å². The first-order chi connectivity index (χ1) is 7.05. The van der Waals surface area contributed by atoms with Gasteiger partial charge in [-0.05, 0) is 38.1 Å². The van der Waals surface area contributed by atoms with E-state index in [1.807, 2.05) is 0 Å². The summed E-state index contributed by atoms with van der Waals surface area (Å²) >= 11 is 0. The van der Waals surface area contributed by atoms with Gasteiger partial charge >= 0.3 is 0 Å². The molecule has 2 rings (SSSR count). The molecule has 1 N–H and O–H groups in total. The second kappa shape index (κ2) is 4.39. The molecule has 2 fully saturated rings. The van der Waals surface area contributed by atoms with E-state index in [1.165, 1.54) is 19.1 Å². The molecule has 1 saturated heterocycles. The van der Waals surface area contributed by atoms with Crippen molar-refractivity contribution in [1.82, 2.24) is 9.62 Å². The minimum Gasteiger partial charge on any atom is -0.314 e. The zero-order valence-electron chi connectivity index (χ0n) is 9.28. The van der Waals surface area contributed by atoms with Gasteiger partial charge in [-0.1, -0.05) is 0 Å². The number of hydrogen-bond donors (Lipinski definition) is 1.